The Labute approximate surface area is 134 Å². The van der Waals surface area contributed by atoms with Crippen LogP contribution < -0.4 is 10.5 Å². The number of anilines is 1. The molecular weight excluding hydrogens is 290 g/mol. The normalized spacial score (nSPS) is 11.9. The van der Waals surface area contributed by atoms with E-state index in [0.717, 1.165) is 5.56 Å². The second-order valence-electron chi connectivity index (χ2n) is 5.17. The van der Waals surface area contributed by atoms with Gasteiger partial charge in [0, 0.05) is 11.6 Å². The number of benzene rings is 2. The molecule has 5 nitrogen and oxygen atoms in total. The first kappa shape index (κ1) is 14.8. The number of nitrogens with two attached hydrogens (primary N) is 1. The molecule has 2 aromatic carbocycles. The highest BCUT2D eigenvalue weighted by Gasteiger charge is 2.13. The van der Waals surface area contributed by atoms with Gasteiger partial charge in [0.2, 0.25) is 0 Å². The molecule has 3 aromatic rings. The van der Waals surface area contributed by atoms with Crippen LogP contribution in [0.15, 0.2) is 60.7 Å². The lowest BCUT2D eigenvalue weighted by Crippen LogP contribution is -2.07. The number of hydrogen-bond donors (Lipinski definition) is 2. The Morgan fingerprint density at radius 1 is 1.00 bits per heavy atom. The third-order valence-corrected chi connectivity index (χ3v) is 3.54. The van der Waals surface area contributed by atoms with Gasteiger partial charge >= 0.3 is 0 Å². The highest BCUT2D eigenvalue weighted by Crippen LogP contribution is 2.32. The molecule has 1 unspecified atom stereocenters. The van der Waals surface area contributed by atoms with Crippen LogP contribution in [0.3, 0.4) is 0 Å². The number of nitrogens with zero attached hydrogens (tertiary/aromatic N) is 2. The maximum absolute atomic E-state index is 9.94. The SMILES string of the molecule is CC(Oc1cc(-c2ccccc2O)nnc1N)c1ccccc1. The fourth-order valence-corrected chi connectivity index (χ4v) is 2.28. The second-order valence-corrected chi connectivity index (χ2v) is 5.17. The topological polar surface area (TPSA) is 81.3 Å². The van der Waals surface area contributed by atoms with E-state index in [2.05, 4.69) is 10.2 Å². The number of phenolic OH excluding ortho intramolecular Hbond substituents is 1. The average Bonchev–Trinajstić information content (AvgIpc) is 2.58. The first-order valence-electron chi connectivity index (χ1n) is 7.28. The van der Waals surface area contributed by atoms with Crippen LogP contribution in [0.2, 0.25) is 0 Å². The second kappa shape index (κ2) is 6.36. The van der Waals surface area contributed by atoms with Crippen molar-refractivity contribution >= 4 is 5.82 Å². The molecule has 1 aromatic heterocycles. The summed E-state index contributed by atoms with van der Waals surface area (Å²) < 4.78 is 5.92. The largest absolute Gasteiger partial charge is 0.507 e. The Balaban J connectivity index is 1.91. The van der Waals surface area contributed by atoms with Crippen LogP contribution in [0.4, 0.5) is 5.82 Å². The maximum Gasteiger partial charge on any atom is 0.188 e. The van der Waals surface area contributed by atoms with E-state index < -0.39 is 0 Å². The van der Waals surface area contributed by atoms with Gasteiger partial charge in [-0.3, -0.25) is 0 Å². The Morgan fingerprint density at radius 2 is 1.70 bits per heavy atom. The summed E-state index contributed by atoms with van der Waals surface area (Å²) in [5, 5.41) is 17.9. The zero-order valence-corrected chi connectivity index (χ0v) is 12.7. The van der Waals surface area contributed by atoms with Crippen molar-refractivity contribution in [3.8, 4) is 22.8 Å². The molecule has 0 amide bonds. The smallest absolute Gasteiger partial charge is 0.188 e. The molecule has 0 aliphatic carbocycles. The lowest BCUT2D eigenvalue weighted by Gasteiger charge is -2.16. The Morgan fingerprint density at radius 3 is 2.43 bits per heavy atom. The summed E-state index contributed by atoms with van der Waals surface area (Å²) in [6, 6.07) is 18.5. The van der Waals surface area contributed by atoms with Crippen molar-refractivity contribution in [2.75, 3.05) is 5.73 Å². The van der Waals surface area contributed by atoms with Crippen molar-refractivity contribution in [1.29, 1.82) is 0 Å². The number of nitrogen functional groups attached to an aromatic ring is 1. The predicted molar refractivity (Wildman–Crippen MR) is 89.0 cm³/mol. The lowest BCUT2D eigenvalue weighted by atomic mass is 10.1. The van der Waals surface area contributed by atoms with Crippen molar-refractivity contribution in [3.05, 3.63) is 66.2 Å². The molecule has 0 spiro atoms. The summed E-state index contributed by atoms with van der Waals surface area (Å²) in [5.74, 6) is 0.787. The molecule has 1 atom stereocenters. The van der Waals surface area contributed by atoms with Crippen molar-refractivity contribution in [3.63, 3.8) is 0 Å². The third kappa shape index (κ3) is 3.23. The van der Waals surface area contributed by atoms with Crippen molar-refractivity contribution in [2.45, 2.75) is 13.0 Å². The number of rotatable bonds is 4. The number of aromatic nitrogens is 2. The van der Waals surface area contributed by atoms with E-state index >= 15 is 0 Å². The van der Waals surface area contributed by atoms with Crippen molar-refractivity contribution in [1.82, 2.24) is 10.2 Å². The van der Waals surface area contributed by atoms with E-state index in [-0.39, 0.29) is 17.7 Å². The Bertz CT molecular complexity index is 806. The summed E-state index contributed by atoms with van der Waals surface area (Å²) >= 11 is 0. The van der Waals surface area contributed by atoms with Gasteiger partial charge in [-0.2, -0.15) is 0 Å². The van der Waals surface area contributed by atoms with Crippen LogP contribution in [0.1, 0.15) is 18.6 Å². The van der Waals surface area contributed by atoms with Crippen LogP contribution in [-0.2, 0) is 0 Å². The average molecular weight is 307 g/mol. The van der Waals surface area contributed by atoms with E-state index in [1.807, 2.05) is 43.3 Å². The minimum atomic E-state index is -0.181. The summed E-state index contributed by atoms with van der Waals surface area (Å²) in [7, 11) is 0. The highest BCUT2D eigenvalue weighted by atomic mass is 16.5. The maximum atomic E-state index is 9.94. The van der Waals surface area contributed by atoms with Gasteiger partial charge in [-0.05, 0) is 24.6 Å². The van der Waals surface area contributed by atoms with Crippen molar-refractivity contribution in [2.24, 2.45) is 0 Å². The quantitative estimate of drug-likeness (QED) is 0.770. The lowest BCUT2D eigenvalue weighted by molar-refractivity contribution is 0.227. The molecule has 5 heteroatoms. The molecule has 3 N–H and O–H groups in total. The number of para-hydroxylation sites is 1. The fraction of sp³-hybridized carbons (Fsp3) is 0.111. The van der Waals surface area contributed by atoms with Gasteiger partial charge < -0.3 is 15.6 Å². The van der Waals surface area contributed by atoms with E-state index in [9.17, 15) is 5.11 Å². The molecule has 3 rings (SSSR count). The predicted octanol–water partition coefficient (Wildman–Crippen LogP) is 3.57. The van der Waals surface area contributed by atoms with E-state index in [1.165, 1.54) is 0 Å². The molecule has 23 heavy (non-hydrogen) atoms. The summed E-state index contributed by atoms with van der Waals surface area (Å²) in [6.45, 7) is 1.94. The minimum Gasteiger partial charge on any atom is -0.507 e. The molecule has 0 radical (unpaired) electrons. The molecule has 0 fully saturated rings. The van der Waals surface area contributed by atoms with Gasteiger partial charge in [-0.25, -0.2) is 0 Å². The molecule has 0 saturated carbocycles. The monoisotopic (exact) mass is 307 g/mol. The molecular formula is C18H17N3O2. The summed E-state index contributed by atoms with van der Waals surface area (Å²) in [6.07, 6.45) is -0.181. The van der Waals surface area contributed by atoms with Gasteiger partial charge in [0.05, 0.1) is 0 Å². The molecule has 1 heterocycles. The zero-order chi connectivity index (χ0) is 16.2. The van der Waals surface area contributed by atoms with E-state index in [0.29, 0.717) is 17.0 Å². The van der Waals surface area contributed by atoms with E-state index in [1.54, 1.807) is 24.3 Å². The molecule has 116 valence electrons. The number of phenols is 1. The van der Waals surface area contributed by atoms with Crippen LogP contribution in [0.25, 0.3) is 11.3 Å². The molecule has 0 bridgehead atoms. The Kier molecular flexibility index (Phi) is 4.10. The standard InChI is InChI=1S/C18H17N3O2/c1-12(13-7-3-2-4-8-13)23-17-11-15(20-21-18(17)19)14-9-5-6-10-16(14)22/h2-12,22H,1H3,(H2,19,21). The van der Waals surface area contributed by atoms with Gasteiger partial charge in [-0.1, -0.05) is 42.5 Å². The van der Waals surface area contributed by atoms with Gasteiger partial charge in [0.1, 0.15) is 17.5 Å². The third-order valence-electron chi connectivity index (χ3n) is 3.54. The highest BCUT2D eigenvalue weighted by molar-refractivity contribution is 5.68. The van der Waals surface area contributed by atoms with E-state index in [4.69, 9.17) is 10.5 Å². The molecule has 0 aliphatic heterocycles. The number of ether oxygens (including phenoxy) is 1. The molecule has 0 saturated heterocycles. The summed E-state index contributed by atoms with van der Waals surface area (Å²) in [5.41, 5.74) is 7.99. The first-order chi connectivity index (χ1) is 11.1. The first-order valence-corrected chi connectivity index (χ1v) is 7.28. The van der Waals surface area contributed by atoms with Gasteiger partial charge in [-0.15, -0.1) is 10.2 Å². The van der Waals surface area contributed by atoms with Crippen LogP contribution >= 0.6 is 0 Å². The van der Waals surface area contributed by atoms with Crippen LogP contribution in [0, 0.1) is 0 Å². The minimum absolute atomic E-state index is 0.133. The summed E-state index contributed by atoms with van der Waals surface area (Å²) in [4.78, 5) is 0. The number of aromatic hydroxyl groups is 1. The molecule has 0 aliphatic rings. The van der Waals surface area contributed by atoms with Crippen LogP contribution in [0.5, 0.6) is 11.5 Å². The van der Waals surface area contributed by atoms with Crippen LogP contribution in [-0.4, -0.2) is 15.3 Å². The fourth-order valence-electron chi connectivity index (χ4n) is 2.28. The number of hydrogen-bond acceptors (Lipinski definition) is 5. The Hall–Kier alpha value is -3.08. The van der Waals surface area contributed by atoms with Gasteiger partial charge in [0.25, 0.3) is 0 Å². The zero-order valence-electron chi connectivity index (χ0n) is 12.7. The van der Waals surface area contributed by atoms with Crippen molar-refractivity contribution < 1.29 is 9.84 Å². The van der Waals surface area contributed by atoms with Gasteiger partial charge in [0.15, 0.2) is 11.6 Å².